The molecule has 30 heavy (non-hydrogen) atoms. The Hall–Kier alpha value is -3.17. The van der Waals surface area contributed by atoms with Crippen molar-refractivity contribution < 1.29 is 24.1 Å². The van der Waals surface area contributed by atoms with Gasteiger partial charge < -0.3 is 29.2 Å². The van der Waals surface area contributed by atoms with E-state index in [4.69, 9.17) is 14.2 Å². The Morgan fingerprint density at radius 3 is 2.80 bits per heavy atom. The number of nitrogens with zero attached hydrogens (tertiary/aromatic N) is 2. The fraction of sp³-hybridized carbons (Fsp3) is 0.238. The van der Waals surface area contributed by atoms with Crippen LogP contribution in [-0.4, -0.2) is 40.2 Å². The number of methoxy groups -OCH3 is 1. The number of imidazole rings is 1. The molecule has 156 valence electrons. The maximum Gasteiger partial charge on any atom is 0.234 e. The lowest BCUT2D eigenvalue weighted by molar-refractivity contribution is -0.113. The number of thioether (sulfide) groups is 1. The van der Waals surface area contributed by atoms with Crippen LogP contribution >= 0.6 is 11.8 Å². The van der Waals surface area contributed by atoms with E-state index < -0.39 is 0 Å². The molecular weight excluding hydrogens is 406 g/mol. The molecule has 2 heterocycles. The Labute approximate surface area is 177 Å². The topological polar surface area (TPSA) is 94.8 Å². The molecule has 0 bridgehead atoms. The minimum atomic E-state index is -0.164. The number of ether oxygens (including phenoxy) is 3. The second-order valence-corrected chi connectivity index (χ2v) is 7.50. The predicted molar refractivity (Wildman–Crippen MR) is 112 cm³/mol. The summed E-state index contributed by atoms with van der Waals surface area (Å²) in [6.07, 6.45) is 1.79. The molecule has 9 heteroatoms. The first-order valence-electron chi connectivity index (χ1n) is 9.27. The number of carbonyl (C=O) groups is 1. The first-order valence-corrected chi connectivity index (χ1v) is 10.3. The van der Waals surface area contributed by atoms with E-state index in [-0.39, 0.29) is 25.1 Å². The van der Waals surface area contributed by atoms with Crippen LogP contribution in [0.1, 0.15) is 11.3 Å². The van der Waals surface area contributed by atoms with Gasteiger partial charge in [-0.3, -0.25) is 4.79 Å². The summed E-state index contributed by atoms with van der Waals surface area (Å²) in [5.41, 5.74) is 2.26. The van der Waals surface area contributed by atoms with Gasteiger partial charge in [-0.1, -0.05) is 23.9 Å². The lowest BCUT2D eigenvalue weighted by Crippen LogP contribution is -2.14. The van der Waals surface area contributed by atoms with Crippen LogP contribution < -0.4 is 19.5 Å². The number of anilines is 1. The highest BCUT2D eigenvalue weighted by Gasteiger charge is 2.15. The number of rotatable bonds is 8. The molecule has 1 amide bonds. The fourth-order valence-electron chi connectivity index (χ4n) is 2.98. The van der Waals surface area contributed by atoms with Crippen LogP contribution in [-0.2, 0) is 17.9 Å². The zero-order valence-electron chi connectivity index (χ0n) is 16.3. The van der Waals surface area contributed by atoms with Crippen LogP contribution in [0.15, 0.2) is 53.8 Å². The van der Waals surface area contributed by atoms with E-state index in [2.05, 4.69) is 10.3 Å². The summed E-state index contributed by atoms with van der Waals surface area (Å²) in [6.45, 7) is 0.600. The van der Waals surface area contributed by atoms with Gasteiger partial charge >= 0.3 is 0 Å². The Morgan fingerprint density at radius 1 is 1.23 bits per heavy atom. The lowest BCUT2D eigenvalue weighted by atomic mass is 10.2. The van der Waals surface area contributed by atoms with Crippen molar-refractivity contribution in [1.82, 2.24) is 9.55 Å². The van der Waals surface area contributed by atoms with Crippen molar-refractivity contribution in [3.05, 3.63) is 59.9 Å². The number of benzene rings is 2. The fourth-order valence-corrected chi connectivity index (χ4v) is 3.78. The van der Waals surface area contributed by atoms with Crippen molar-refractivity contribution in [2.24, 2.45) is 0 Å². The van der Waals surface area contributed by atoms with Gasteiger partial charge in [0.2, 0.25) is 12.7 Å². The van der Waals surface area contributed by atoms with E-state index in [1.54, 1.807) is 31.5 Å². The van der Waals surface area contributed by atoms with Crippen molar-refractivity contribution >= 4 is 23.4 Å². The van der Waals surface area contributed by atoms with E-state index in [0.717, 1.165) is 11.3 Å². The van der Waals surface area contributed by atoms with E-state index in [1.165, 1.54) is 11.8 Å². The minimum absolute atomic E-state index is 0.160. The van der Waals surface area contributed by atoms with Crippen LogP contribution in [0.2, 0.25) is 0 Å². The van der Waals surface area contributed by atoms with Gasteiger partial charge in [-0.2, -0.15) is 0 Å². The summed E-state index contributed by atoms with van der Waals surface area (Å²) in [5.74, 6) is 2.08. The molecule has 3 aromatic rings. The highest BCUT2D eigenvalue weighted by atomic mass is 32.2. The van der Waals surface area contributed by atoms with Gasteiger partial charge in [-0.25, -0.2) is 4.98 Å². The number of hydrogen-bond acceptors (Lipinski definition) is 7. The summed E-state index contributed by atoms with van der Waals surface area (Å²) < 4.78 is 17.7. The van der Waals surface area contributed by atoms with Gasteiger partial charge in [-0.15, -0.1) is 0 Å². The highest BCUT2D eigenvalue weighted by molar-refractivity contribution is 7.99. The molecule has 0 saturated carbocycles. The Morgan fingerprint density at radius 2 is 2.03 bits per heavy atom. The van der Waals surface area contributed by atoms with E-state index >= 15 is 0 Å². The molecule has 0 saturated heterocycles. The quantitative estimate of drug-likeness (QED) is 0.534. The Balaban J connectivity index is 1.39. The summed E-state index contributed by atoms with van der Waals surface area (Å²) in [6, 6.07) is 13.0. The van der Waals surface area contributed by atoms with E-state index in [0.29, 0.717) is 34.6 Å². The molecule has 0 spiro atoms. The van der Waals surface area contributed by atoms with Gasteiger partial charge in [0, 0.05) is 24.5 Å². The highest BCUT2D eigenvalue weighted by Crippen LogP contribution is 2.34. The zero-order chi connectivity index (χ0) is 20.9. The first kappa shape index (κ1) is 20.1. The van der Waals surface area contributed by atoms with Crippen LogP contribution in [0, 0.1) is 0 Å². The number of aromatic nitrogens is 2. The molecule has 2 N–H and O–H groups in total. The smallest absolute Gasteiger partial charge is 0.234 e. The third kappa shape index (κ3) is 4.69. The predicted octanol–water partition coefficient (Wildman–Crippen LogP) is 2.89. The normalized spacial score (nSPS) is 12.1. The lowest BCUT2D eigenvalue weighted by Gasteiger charge is -2.09. The van der Waals surface area contributed by atoms with Crippen LogP contribution in [0.25, 0.3) is 0 Å². The average Bonchev–Trinajstić information content (AvgIpc) is 3.39. The average molecular weight is 427 g/mol. The standard InChI is InChI=1S/C21H21N3O5S/c1-27-17-5-2-14(3-6-17)9-24-10-16(11-25)23-21(24)30-12-20(26)22-15-4-7-18-19(8-15)29-13-28-18/h2-8,10,25H,9,11-13H2,1H3,(H,22,26). The number of carbonyl (C=O) groups excluding carboxylic acids is 1. The van der Waals surface area contributed by atoms with Gasteiger partial charge in [0.05, 0.1) is 25.2 Å². The molecule has 0 aliphatic carbocycles. The van der Waals surface area contributed by atoms with E-state index in [9.17, 15) is 9.90 Å². The molecule has 0 atom stereocenters. The van der Waals surface area contributed by atoms with Crippen LogP contribution in [0.3, 0.4) is 0 Å². The number of aliphatic hydroxyl groups excluding tert-OH is 1. The molecule has 1 aromatic heterocycles. The molecule has 0 unspecified atom stereocenters. The molecule has 8 nitrogen and oxygen atoms in total. The summed E-state index contributed by atoms with van der Waals surface area (Å²) in [7, 11) is 1.63. The molecule has 1 aliphatic heterocycles. The second-order valence-electron chi connectivity index (χ2n) is 6.55. The SMILES string of the molecule is COc1ccc(Cn2cc(CO)nc2SCC(=O)Nc2ccc3c(c2)OCO3)cc1. The van der Waals surface area contributed by atoms with Crippen molar-refractivity contribution in [3.63, 3.8) is 0 Å². The molecule has 1 aliphatic rings. The third-order valence-electron chi connectivity index (χ3n) is 4.45. The summed E-state index contributed by atoms with van der Waals surface area (Å²) in [5, 5.41) is 13.0. The molecular formula is C21H21N3O5S. The van der Waals surface area contributed by atoms with Gasteiger partial charge in [0.1, 0.15) is 5.75 Å². The van der Waals surface area contributed by atoms with Crippen LogP contribution in [0.4, 0.5) is 5.69 Å². The van der Waals surface area contributed by atoms with Gasteiger partial charge in [0.15, 0.2) is 16.7 Å². The van der Waals surface area contributed by atoms with Crippen molar-refractivity contribution in [1.29, 1.82) is 0 Å². The molecule has 0 fully saturated rings. The number of hydrogen-bond donors (Lipinski definition) is 2. The van der Waals surface area contributed by atoms with Gasteiger partial charge in [-0.05, 0) is 29.8 Å². The minimum Gasteiger partial charge on any atom is -0.497 e. The monoisotopic (exact) mass is 427 g/mol. The number of amides is 1. The third-order valence-corrected chi connectivity index (χ3v) is 5.44. The van der Waals surface area contributed by atoms with Crippen molar-refractivity contribution in [2.75, 3.05) is 25.0 Å². The van der Waals surface area contributed by atoms with E-state index in [1.807, 2.05) is 28.8 Å². The van der Waals surface area contributed by atoms with Crippen LogP contribution in [0.5, 0.6) is 17.2 Å². The maximum absolute atomic E-state index is 12.4. The molecule has 2 aromatic carbocycles. The number of aliphatic hydroxyl groups is 1. The first-order chi connectivity index (χ1) is 14.6. The second kappa shape index (κ2) is 9.10. The largest absolute Gasteiger partial charge is 0.497 e. The number of nitrogens with one attached hydrogen (secondary N) is 1. The van der Waals surface area contributed by atoms with Gasteiger partial charge in [0.25, 0.3) is 0 Å². The zero-order valence-corrected chi connectivity index (χ0v) is 17.1. The summed E-state index contributed by atoms with van der Waals surface area (Å²) in [4.78, 5) is 16.8. The molecule has 0 radical (unpaired) electrons. The number of fused-ring (bicyclic) bond motifs is 1. The maximum atomic E-state index is 12.4. The van der Waals surface area contributed by atoms with Crippen molar-refractivity contribution in [2.45, 2.75) is 18.3 Å². The Bertz CT molecular complexity index is 1040. The van der Waals surface area contributed by atoms with Crippen molar-refractivity contribution in [3.8, 4) is 17.2 Å². The Kier molecular flexibility index (Phi) is 6.10. The molecule has 4 rings (SSSR count). The summed E-state index contributed by atoms with van der Waals surface area (Å²) >= 11 is 1.31.